The number of hydrogen-bond donors (Lipinski definition) is 3. The molecule has 4 atom stereocenters. The average molecular weight is 390 g/mol. The molecule has 1 amide bonds. The van der Waals surface area contributed by atoms with E-state index >= 15 is 0 Å². The molecule has 0 radical (unpaired) electrons. The van der Waals surface area contributed by atoms with Crippen LogP contribution in [0, 0.1) is 11.8 Å². The molecule has 2 heterocycles. The molecule has 1 aromatic carbocycles. The Kier molecular flexibility index (Phi) is 7.68. The third kappa shape index (κ3) is 5.94. The summed E-state index contributed by atoms with van der Waals surface area (Å²) in [4.78, 5) is 22.4. The molecule has 0 unspecified atom stereocenters. The highest BCUT2D eigenvalue weighted by molar-refractivity contribution is 5.69. The maximum atomic E-state index is 11.9. The molecule has 154 valence electrons. The summed E-state index contributed by atoms with van der Waals surface area (Å²) in [5.41, 5.74) is 5.63. The van der Waals surface area contributed by atoms with Gasteiger partial charge in [0.15, 0.2) is 0 Å². The number of benzene rings is 1. The molecule has 2 aliphatic heterocycles. The minimum Gasteiger partial charge on any atom is -0.481 e. The van der Waals surface area contributed by atoms with E-state index in [9.17, 15) is 9.59 Å². The van der Waals surface area contributed by atoms with Crippen LogP contribution in [0.1, 0.15) is 51.4 Å². The number of carbonyl (C=O) groups is 2. The van der Waals surface area contributed by atoms with E-state index in [0.29, 0.717) is 30.2 Å². The zero-order chi connectivity index (χ0) is 19.8. The molecule has 2 aliphatic rings. The van der Waals surface area contributed by atoms with Gasteiger partial charge < -0.3 is 14.6 Å². The van der Waals surface area contributed by atoms with Crippen molar-refractivity contribution in [1.29, 1.82) is 0 Å². The predicted molar refractivity (Wildman–Crippen MR) is 104 cm³/mol. The Bertz CT molecular complexity index is 639. The van der Waals surface area contributed by atoms with Gasteiger partial charge in [-0.3, -0.25) is 10.2 Å². The fourth-order valence-electron chi connectivity index (χ4n) is 4.43. The van der Waals surface area contributed by atoms with Crippen molar-refractivity contribution < 1.29 is 24.2 Å². The molecule has 0 aliphatic carbocycles. The van der Waals surface area contributed by atoms with Crippen molar-refractivity contribution in [2.75, 3.05) is 6.54 Å². The Morgan fingerprint density at radius 2 is 1.75 bits per heavy atom. The molecule has 0 saturated carbocycles. The lowest BCUT2D eigenvalue weighted by atomic mass is 9.76. The summed E-state index contributed by atoms with van der Waals surface area (Å²) in [6.45, 7) is 0.661. The number of rotatable bonds is 11. The molecule has 7 nitrogen and oxygen atoms in total. The normalized spacial score (nSPS) is 25.6. The number of carboxylic acid groups (broad SMARTS) is 1. The monoisotopic (exact) mass is 390 g/mol. The van der Waals surface area contributed by atoms with Crippen molar-refractivity contribution in [2.24, 2.45) is 11.8 Å². The number of unbranched alkanes of at least 4 members (excludes halogenated alkanes) is 3. The Labute approximate surface area is 165 Å². The molecular formula is C21H30N2O5. The van der Waals surface area contributed by atoms with Gasteiger partial charge in [-0.1, -0.05) is 37.5 Å². The number of carbonyl (C=O) groups excluding carboxylic acids is 1. The van der Waals surface area contributed by atoms with Crippen LogP contribution in [0.4, 0.5) is 4.79 Å². The minimum absolute atomic E-state index is 0.258. The second-order valence-corrected chi connectivity index (χ2v) is 7.67. The van der Waals surface area contributed by atoms with E-state index in [0.717, 1.165) is 44.9 Å². The lowest BCUT2D eigenvalue weighted by Crippen LogP contribution is -2.45. The van der Waals surface area contributed by atoms with Crippen LogP contribution < -0.4 is 15.6 Å². The summed E-state index contributed by atoms with van der Waals surface area (Å²) in [6.07, 6.45) is 7.49. The second kappa shape index (κ2) is 10.4. The highest BCUT2D eigenvalue weighted by Gasteiger charge is 2.47. The zero-order valence-electron chi connectivity index (χ0n) is 16.1. The first-order chi connectivity index (χ1) is 13.6. The van der Waals surface area contributed by atoms with Gasteiger partial charge in [-0.05, 0) is 43.7 Å². The quantitative estimate of drug-likeness (QED) is 0.395. The van der Waals surface area contributed by atoms with E-state index in [2.05, 4.69) is 10.9 Å². The van der Waals surface area contributed by atoms with Gasteiger partial charge in [0.2, 0.25) is 0 Å². The van der Waals surface area contributed by atoms with E-state index < -0.39 is 12.1 Å². The minimum atomic E-state index is -0.717. The fraction of sp³-hybridized carbons (Fsp3) is 0.619. The van der Waals surface area contributed by atoms with Crippen molar-refractivity contribution >= 4 is 12.1 Å². The number of amides is 1. The molecule has 3 N–H and O–H groups in total. The molecule has 2 fully saturated rings. The van der Waals surface area contributed by atoms with Crippen LogP contribution in [0.3, 0.4) is 0 Å². The molecule has 0 aromatic heterocycles. The average Bonchev–Trinajstić information content (AvgIpc) is 3.27. The van der Waals surface area contributed by atoms with Crippen molar-refractivity contribution in [2.45, 2.75) is 63.6 Å². The van der Waals surface area contributed by atoms with Gasteiger partial charge in [0, 0.05) is 18.9 Å². The molecule has 1 aromatic rings. The Morgan fingerprint density at radius 1 is 1.04 bits per heavy atom. The molecule has 28 heavy (non-hydrogen) atoms. The van der Waals surface area contributed by atoms with Crippen LogP contribution in [0.15, 0.2) is 30.3 Å². The summed E-state index contributed by atoms with van der Waals surface area (Å²) < 4.78 is 11.3. The van der Waals surface area contributed by atoms with Crippen LogP contribution in [0.25, 0.3) is 0 Å². The second-order valence-electron chi connectivity index (χ2n) is 7.67. The predicted octanol–water partition coefficient (Wildman–Crippen LogP) is 3.50. The standard InChI is InChI=1S/C21H30N2O5/c24-20(25)11-7-2-1-6-10-16-17(19-13-12-18(16)28-19)14-22-23-21(26)27-15-8-4-3-5-9-15/h3-5,8-9,16-19,22H,1-2,6-7,10-14H2,(H,23,26)(H,24,25)/t16-,17-,18+,19-/m1/s1. The Balaban J connectivity index is 1.36. The van der Waals surface area contributed by atoms with Crippen LogP contribution >= 0.6 is 0 Å². The number of carboxylic acids is 1. The number of hydrazine groups is 1. The van der Waals surface area contributed by atoms with E-state index in [4.69, 9.17) is 14.6 Å². The van der Waals surface area contributed by atoms with Crippen LogP contribution in [0.2, 0.25) is 0 Å². The number of hydrogen-bond acceptors (Lipinski definition) is 5. The largest absolute Gasteiger partial charge is 0.481 e. The van der Waals surface area contributed by atoms with Gasteiger partial charge in [0.25, 0.3) is 0 Å². The van der Waals surface area contributed by atoms with Gasteiger partial charge in [0.1, 0.15) is 5.75 Å². The fourth-order valence-corrected chi connectivity index (χ4v) is 4.43. The van der Waals surface area contributed by atoms with E-state index in [1.54, 1.807) is 12.1 Å². The lowest BCUT2D eigenvalue weighted by molar-refractivity contribution is -0.137. The van der Waals surface area contributed by atoms with Gasteiger partial charge in [-0.25, -0.2) is 10.2 Å². The van der Waals surface area contributed by atoms with Crippen LogP contribution in [-0.2, 0) is 9.53 Å². The number of aliphatic carboxylic acids is 1. The topological polar surface area (TPSA) is 96.9 Å². The van der Waals surface area contributed by atoms with Crippen molar-refractivity contribution in [1.82, 2.24) is 10.9 Å². The first kappa shape index (κ1) is 20.6. The highest BCUT2D eigenvalue weighted by Crippen LogP contribution is 2.45. The third-order valence-corrected chi connectivity index (χ3v) is 5.75. The van der Waals surface area contributed by atoms with E-state index in [1.165, 1.54) is 0 Å². The van der Waals surface area contributed by atoms with Crippen molar-refractivity contribution in [3.05, 3.63) is 30.3 Å². The lowest BCUT2D eigenvalue weighted by Gasteiger charge is -2.28. The number of fused-ring (bicyclic) bond motifs is 2. The third-order valence-electron chi connectivity index (χ3n) is 5.75. The van der Waals surface area contributed by atoms with Crippen LogP contribution in [0.5, 0.6) is 5.75 Å². The molecule has 3 rings (SSSR count). The molecule has 0 spiro atoms. The molecular weight excluding hydrogens is 360 g/mol. The summed E-state index contributed by atoms with van der Waals surface area (Å²) in [6, 6.07) is 8.96. The molecule has 2 saturated heterocycles. The molecule has 7 heteroatoms. The van der Waals surface area contributed by atoms with Gasteiger partial charge in [-0.2, -0.15) is 0 Å². The zero-order valence-corrected chi connectivity index (χ0v) is 16.1. The van der Waals surface area contributed by atoms with E-state index in [1.807, 2.05) is 18.2 Å². The first-order valence-electron chi connectivity index (χ1n) is 10.3. The van der Waals surface area contributed by atoms with Crippen LogP contribution in [-0.4, -0.2) is 35.9 Å². The number of ether oxygens (including phenoxy) is 2. The summed E-state index contributed by atoms with van der Waals surface area (Å²) in [7, 11) is 0. The smallest absolute Gasteiger partial charge is 0.427 e. The highest BCUT2D eigenvalue weighted by atomic mass is 16.6. The number of nitrogens with one attached hydrogen (secondary N) is 2. The van der Waals surface area contributed by atoms with E-state index in [-0.39, 0.29) is 12.5 Å². The summed E-state index contributed by atoms with van der Waals surface area (Å²) in [5.74, 6) is 0.671. The van der Waals surface area contributed by atoms with Crippen molar-refractivity contribution in [3.63, 3.8) is 0 Å². The van der Waals surface area contributed by atoms with Gasteiger partial charge in [-0.15, -0.1) is 0 Å². The summed E-state index contributed by atoms with van der Waals surface area (Å²) >= 11 is 0. The van der Waals surface area contributed by atoms with Gasteiger partial charge >= 0.3 is 12.1 Å². The number of para-hydroxylation sites is 1. The first-order valence-corrected chi connectivity index (χ1v) is 10.3. The van der Waals surface area contributed by atoms with Gasteiger partial charge in [0.05, 0.1) is 12.2 Å². The summed E-state index contributed by atoms with van der Waals surface area (Å²) in [5, 5.41) is 8.69. The Morgan fingerprint density at radius 3 is 2.50 bits per heavy atom. The van der Waals surface area contributed by atoms with Crippen molar-refractivity contribution in [3.8, 4) is 5.75 Å². The maximum absolute atomic E-state index is 11.9. The Hall–Kier alpha value is -2.12. The maximum Gasteiger partial charge on any atom is 0.427 e. The SMILES string of the molecule is O=C(O)CCCCCC[C@@H]1[C@@H](CNNC(=O)Oc2ccccc2)[C@H]2CC[C@@H]1O2. The molecule has 2 bridgehead atoms.